The maximum atomic E-state index is 9.62. The lowest BCUT2D eigenvalue weighted by molar-refractivity contribution is 0.391. The van der Waals surface area contributed by atoms with Crippen LogP contribution in [-0.4, -0.2) is 11.7 Å². The first-order chi connectivity index (χ1) is 6.38. The molecule has 2 nitrogen and oxygen atoms in total. The SMILES string of the molecule is Oc1ccccc1[C@H]1CCCCN1. The quantitative estimate of drug-likeness (QED) is 0.689. The van der Waals surface area contributed by atoms with E-state index in [0.717, 1.165) is 18.5 Å². The van der Waals surface area contributed by atoms with Gasteiger partial charge in [-0.1, -0.05) is 24.6 Å². The summed E-state index contributed by atoms with van der Waals surface area (Å²) in [7, 11) is 0. The highest BCUT2D eigenvalue weighted by atomic mass is 16.3. The van der Waals surface area contributed by atoms with Gasteiger partial charge in [0, 0.05) is 11.6 Å². The van der Waals surface area contributed by atoms with Crippen LogP contribution in [0.5, 0.6) is 5.75 Å². The Balaban J connectivity index is 2.18. The number of hydrogen-bond donors (Lipinski definition) is 2. The van der Waals surface area contributed by atoms with Crippen molar-refractivity contribution >= 4 is 0 Å². The van der Waals surface area contributed by atoms with E-state index in [1.165, 1.54) is 12.8 Å². The zero-order valence-electron chi connectivity index (χ0n) is 7.66. The lowest BCUT2D eigenvalue weighted by atomic mass is 9.97. The molecule has 0 radical (unpaired) electrons. The summed E-state index contributed by atoms with van der Waals surface area (Å²) in [6.45, 7) is 1.07. The second-order valence-corrected chi connectivity index (χ2v) is 3.56. The van der Waals surface area contributed by atoms with Gasteiger partial charge in [-0.05, 0) is 25.5 Å². The number of para-hydroxylation sites is 1. The predicted molar refractivity (Wildman–Crippen MR) is 52.7 cm³/mol. The molecule has 1 aliphatic heterocycles. The third-order valence-corrected chi connectivity index (χ3v) is 2.62. The van der Waals surface area contributed by atoms with E-state index in [9.17, 15) is 5.11 Å². The van der Waals surface area contributed by atoms with Gasteiger partial charge in [0.2, 0.25) is 0 Å². The molecule has 1 aliphatic rings. The van der Waals surface area contributed by atoms with Gasteiger partial charge in [-0.15, -0.1) is 0 Å². The first-order valence-corrected chi connectivity index (χ1v) is 4.89. The molecule has 0 aromatic heterocycles. The minimum atomic E-state index is 0.356. The van der Waals surface area contributed by atoms with Gasteiger partial charge in [-0.25, -0.2) is 0 Å². The van der Waals surface area contributed by atoms with Crippen LogP contribution >= 0.6 is 0 Å². The van der Waals surface area contributed by atoms with Crippen molar-refractivity contribution in [2.45, 2.75) is 25.3 Å². The van der Waals surface area contributed by atoms with E-state index < -0.39 is 0 Å². The van der Waals surface area contributed by atoms with E-state index >= 15 is 0 Å². The van der Waals surface area contributed by atoms with Crippen LogP contribution in [0.3, 0.4) is 0 Å². The molecule has 1 atom stereocenters. The average molecular weight is 177 g/mol. The monoisotopic (exact) mass is 177 g/mol. The van der Waals surface area contributed by atoms with Crippen molar-refractivity contribution in [3.8, 4) is 5.75 Å². The van der Waals surface area contributed by atoms with Gasteiger partial charge in [0.05, 0.1) is 0 Å². The van der Waals surface area contributed by atoms with Crippen LogP contribution in [0.1, 0.15) is 30.9 Å². The van der Waals surface area contributed by atoms with Crippen molar-refractivity contribution in [1.82, 2.24) is 5.32 Å². The standard InChI is InChI=1S/C11H15NO/c13-11-7-2-1-5-9(11)10-6-3-4-8-12-10/h1-2,5,7,10,12-13H,3-4,6,8H2/t10-/m1/s1. The highest BCUT2D eigenvalue weighted by Gasteiger charge is 2.16. The fraction of sp³-hybridized carbons (Fsp3) is 0.455. The Morgan fingerprint density at radius 1 is 1.23 bits per heavy atom. The highest BCUT2D eigenvalue weighted by Crippen LogP contribution is 2.28. The molecule has 0 spiro atoms. The van der Waals surface area contributed by atoms with Gasteiger partial charge >= 0.3 is 0 Å². The molecule has 13 heavy (non-hydrogen) atoms. The number of aromatic hydroxyl groups is 1. The maximum Gasteiger partial charge on any atom is 0.120 e. The Morgan fingerprint density at radius 2 is 2.08 bits per heavy atom. The van der Waals surface area contributed by atoms with Crippen molar-refractivity contribution in [3.05, 3.63) is 29.8 Å². The third kappa shape index (κ3) is 1.83. The predicted octanol–water partition coefficient (Wildman–Crippen LogP) is 2.21. The van der Waals surface area contributed by atoms with E-state index in [1.54, 1.807) is 6.07 Å². The van der Waals surface area contributed by atoms with E-state index in [2.05, 4.69) is 5.32 Å². The molecular formula is C11H15NO. The number of hydrogen-bond acceptors (Lipinski definition) is 2. The summed E-state index contributed by atoms with van der Waals surface area (Å²) in [5.41, 5.74) is 1.04. The number of rotatable bonds is 1. The Kier molecular flexibility index (Phi) is 2.50. The van der Waals surface area contributed by atoms with E-state index in [0.29, 0.717) is 11.8 Å². The number of piperidine rings is 1. The van der Waals surface area contributed by atoms with Crippen molar-refractivity contribution in [1.29, 1.82) is 0 Å². The summed E-state index contributed by atoms with van der Waals surface area (Å²) in [5.74, 6) is 0.418. The van der Waals surface area contributed by atoms with Crippen LogP contribution in [0.15, 0.2) is 24.3 Å². The van der Waals surface area contributed by atoms with Gasteiger partial charge < -0.3 is 10.4 Å². The summed E-state index contributed by atoms with van der Waals surface area (Å²) in [6, 6.07) is 7.95. The summed E-state index contributed by atoms with van der Waals surface area (Å²) < 4.78 is 0. The Hall–Kier alpha value is -1.02. The van der Waals surface area contributed by atoms with Crippen LogP contribution in [0, 0.1) is 0 Å². The fourth-order valence-electron chi connectivity index (χ4n) is 1.90. The number of phenols is 1. The largest absolute Gasteiger partial charge is 0.508 e. The van der Waals surface area contributed by atoms with Gasteiger partial charge in [0.1, 0.15) is 5.75 Å². The first-order valence-electron chi connectivity index (χ1n) is 4.89. The number of nitrogens with one attached hydrogen (secondary N) is 1. The summed E-state index contributed by atoms with van der Waals surface area (Å²) in [5, 5.41) is 13.0. The zero-order valence-corrected chi connectivity index (χ0v) is 7.66. The van der Waals surface area contributed by atoms with E-state index in [1.807, 2.05) is 18.2 Å². The molecule has 1 saturated heterocycles. The summed E-state index contributed by atoms with van der Waals surface area (Å²) >= 11 is 0. The lowest BCUT2D eigenvalue weighted by Gasteiger charge is -2.24. The van der Waals surface area contributed by atoms with Crippen molar-refractivity contribution in [3.63, 3.8) is 0 Å². The minimum absolute atomic E-state index is 0.356. The van der Waals surface area contributed by atoms with Crippen LogP contribution in [0.4, 0.5) is 0 Å². The van der Waals surface area contributed by atoms with Crippen LogP contribution < -0.4 is 5.32 Å². The van der Waals surface area contributed by atoms with E-state index in [4.69, 9.17) is 0 Å². The summed E-state index contributed by atoms with van der Waals surface area (Å²) in [6.07, 6.45) is 3.65. The van der Waals surface area contributed by atoms with Crippen molar-refractivity contribution in [2.24, 2.45) is 0 Å². The zero-order chi connectivity index (χ0) is 9.10. The molecule has 70 valence electrons. The molecule has 1 heterocycles. The molecule has 0 unspecified atom stereocenters. The molecule has 2 heteroatoms. The van der Waals surface area contributed by atoms with Gasteiger partial charge in [-0.2, -0.15) is 0 Å². The molecular weight excluding hydrogens is 162 g/mol. The third-order valence-electron chi connectivity index (χ3n) is 2.62. The topological polar surface area (TPSA) is 32.3 Å². The van der Waals surface area contributed by atoms with Crippen LogP contribution in [0.25, 0.3) is 0 Å². The maximum absolute atomic E-state index is 9.62. The Morgan fingerprint density at radius 3 is 2.77 bits per heavy atom. The van der Waals surface area contributed by atoms with Crippen molar-refractivity contribution < 1.29 is 5.11 Å². The Bertz CT molecular complexity index is 279. The second kappa shape index (κ2) is 3.79. The molecule has 1 fully saturated rings. The molecule has 0 bridgehead atoms. The first kappa shape index (κ1) is 8.57. The minimum Gasteiger partial charge on any atom is -0.508 e. The van der Waals surface area contributed by atoms with Crippen LogP contribution in [-0.2, 0) is 0 Å². The van der Waals surface area contributed by atoms with E-state index in [-0.39, 0.29) is 0 Å². The fourth-order valence-corrected chi connectivity index (χ4v) is 1.90. The second-order valence-electron chi connectivity index (χ2n) is 3.56. The van der Waals surface area contributed by atoms with Gasteiger partial charge in [-0.3, -0.25) is 0 Å². The van der Waals surface area contributed by atoms with Gasteiger partial charge in [0.15, 0.2) is 0 Å². The molecule has 2 rings (SSSR count). The smallest absolute Gasteiger partial charge is 0.120 e. The molecule has 0 saturated carbocycles. The van der Waals surface area contributed by atoms with Gasteiger partial charge in [0.25, 0.3) is 0 Å². The van der Waals surface area contributed by atoms with Crippen molar-refractivity contribution in [2.75, 3.05) is 6.54 Å². The number of benzene rings is 1. The Labute approximate surface area is 78.6 Å². The number of phenolic OH excluding ortho intramolecular Hbond substituents is 1. The molecule has 0 aliphatic carbocycles. The lowest BCUT2D eigenvalue weighted by Crippen LogP contribution is -2.26. The highest BCUT2D eigenvalue weighted by molar-refractivity contribution is 5.34. The molecule has 2 N–H and O–H groups in total. The normalized spacial score (nSPS) is 22.9. The molecule has 1 aromatic rings. The summed E-state index contributed by atoms with van der Waals surface area (Å²) in [4.78, 5) is 0. The average Bonchev–Trinajstić information content (AvgIpc) is 2.20. The van der Waals surface area contributed by atoms with Crippen LogP contribution in [0.2, 0.25) is 0 Å². The molecule has 1 aromatic carbocycles. The molecule has 0 amide bonds.